The predicted molar refractivity (Wildman–Crippen MR) is 91.7 cm³/mol. The molecular weight excluding hydrogens is 294 g/mol. The van der Waals surface area contributed by atoms with Crippen molar-refractivity contribution in [3.05, 3.63) is 46.9 Å². The predicted octanol–water partition coefficient (Wildman–Crippen LogP) is 3.95. The van der Waals surface area contributed by atoms with E-state index in [4.69, 9.17) is 4.74 Å². The van der Waals surface area contributed by atoms with Gasteiger partial charge in [-0.15, -0.1) is 11.8 Å². The average Bonchev–Trinajstić information content (AvgIpc) is 2.49. The summed E-state index contributed by atoms with van der Waals surface area (Å²) in [6.07, 6.45) is 7.82. The van der Waals surface area contributed by atoms with E-state index >= 15 is 0 Å². The third kappa shape index (κ3) is 3.22. The van der Waals surface area contributed by atoms with E-state index in [-0.39, 0.29) is 5.56 Å². The monoisotopic (exact) mass is 315 g/mol. The summed E-state index contributed by atoms with van der Waals surface area (Å²) in [7, 11) is 1.78. The molecule has 0 spiro atoms. The number of hydrogen-bond acceptors (Lipinski definition) is 3. The number of aryl methyl sites for hydroxylation is 1. The lowest BCUT2D eigenvalue weighted by Crippen LogP contribution is -2.19. The minimum atomic E-state index is 0.00158. The van der Waals surface area contributed by atoms with Crippen LogP contribution in [0, 0.1) is 5.92 Å². The van der Waals surface area contributed by atoms with Crippen LogP contribution < -0.4 is 10.3 Å². The van der Waals surface area contributed by atoms with E-state index in [9.17, 15) is 4.79 Å². The first-order valence-electron chi connectivity index (χ1n) is 7.65. The maximum Gasteiger partial charge on any atom is 0.250 e. The van der Waals surface area contributed by atoms with Gasteiger partial charge in [0.05, 0.1) is 6.61 Å². The van der Waals surface area contributed by atoms with Crippen LogP contribution in [0.2, 0.25) is 0 Å². The Morgan fingerprint density at radius 3 is 2.73 bits per heavy atom. The number of nitrogens with zero attached hydrogens (tertiary/aromatic N) is 1. The van der Waals surface area contributed by atoms with Gasteiger partial charge in [0.25, 0.3) is 0 Å². The van der Waals surface area contributed by atoms with Gasteiger partial charge in [-0.05, 0) is 49.3 Å². The molecule has 0 atom stereocenters. The number of ether oxygens (including phenoxy) is 1. The van der Waals surface area contributed by atoms with Crippen molar-refractivity contribution in [3.63, 3.8) is 0 Å². The van der Waals surface area contributed by atoms with Crippen molar-refractivity contribution in [1.29, 1.82) is 0 Å². The summed E-state index contributed by atoms with van der Waals surface area (Å²) in [6, 6.07) is 9.76. The summed E-state index contributed by atoms with van der Waals surface area (Å²) in [5.74, 6) is 1.61. The molecule has 0 radical (unpaired) electrons. The lowest BCUT2D eigenvalue weighted by Gasteiger charge is -2.25. The molecule has 116 valence electrons. The molecule has 1 aromatic carbocycles. The van der Waals surface area contributed by atoms with Gasteiger partial charge >= 0.3 is 0 Å². The van der Waals surface area contributed by atoms with Crippen LogP contribution in [0.15, 0.2) is 46.2 Å². The van der Waals surface area contributed by atoms with Crippen LogP contribution in [0.25, 0.3) is 11.1 Å². The van der Waals surface area contributed by atoms with Gasteiger partial charge < -0.3 is 9.30 Å². The second kappa shape index (κ2) is 6.61. The number of benzene rings is 1. The highest BCUT2D eigenvalue weighted by Crippen LogP contribution is 2.35. The van der Waals surface area contributed by atoms with Gasteiger partial charge in [0, 0.05) is 35.3 Å². The van der Waals surface area contributed by atoms with Crippen molar-refractivity contribution >= 4 is 11.8 Å². The molecule has 0 aliphatic heterocycles. The molecule has 1 saturated carbocycles. The molecule has 4 heteroatoms. The van der Waals surface area contributed by atoms with Crippen molar-refractivity contribution in [2.24, 2.45) is 13.0 Å². The van der Waals surface area contributed by atoms with Crippen LogP contribution in [0.5, 0.6) is 5.75 Å². The van der Waals surface area contributed by atoms with Crippen molar-refractivity contribution in [1.82, 2.24) is 4.57 Å². The summed E-state index contributed by atoms with van der Waals surface area (Å²) in [5.41, 5.74) is 2.07. The Balaban J connectivity index is 1.94. The van der Waals surface area contributed by atoms with Crippen LogP contribution in [0.3, 0.4) is 0 Å². The third-order valence-electron chi connectivity index (χ3n) is 4.28. The van der Waals surface area contributed by atoms with Gasteiger partial charge in [-0.25, -0.2) is 0 Å². The Kier molecular flexibility index (Phi) is 4.57. The lowest BCUT2D eigenvalue weighted by atomic mass is 9.86. The fourth-order valence-electron chi connectivity index (χ4n) is 2.61. The van der Waals surface area contributed by atoms with Crippen LogP contribution in [-0.2, 0) is 7.05 Å². The Morgan fingerprint density at radius 1 is 1.27 bits per heavy atom. The molecule has 1 heterocycles. The summed E-state index contributed by atoms with van der Waals surface area (Å²) < 4.78 is 7.68. The number of pyridine rings is 1. The molecule has 3 nitrogen and oxygen atoms in total. The third-order valence-corrected chi connectivity index (χ3v) is 5.01. The number of aromatic nitrogens is 1. The second-order valence-corrected chi connectivity index (χ2v) is 6.72. The fraction of sp³-hybridized carbons (Fsp3) is 0.389. The molecule has 0 unspecified atom stereocenters. The molecule has 1 aromatic heterocycles. The summed E-state index contributed by atoms with van der Waals surface area (Å²) in [4.78, 5) is 12.8. The van der Waals surface area contributed by atoms with Crippen LogP contribution in [0.4, 0.5) is 0 Å². The van der Waals surface area contributed by atoms with Gasteiger partial charge in [0.15, 0.2) is 0 Å². The zero-order valence-electron chi connectivity index (χ0n) is 13.0. The SMILES string of the molecule is CSc1ccc(OCC2CCC2)c(-c2ccc(=O)n(C)c2)c1. The van der Waals surface area contributed by atoms with E-state index in [0.717, 1.165) is 23.5 Å². The Labute approximate surface area is 135 Å². The van der Waals surface area contributed by atoms with Gasteiger partial charge in [0.1, 0.15) is 5.75 Å². The van der Waals surface area contributed by atoms with Gasteiger partial charge in [-0.3, -0.25) is 4.79 Å². The summed E-state index contributed by atoms with van der Waals surface area (Å²) >= 11 is 1.71. The molecule has 0 bridgehead atoms. The highest BCUT2D eigenvalue weighted by atomic mass is 32.2. The zero-order valence-corrected chi connectivity index (χ0v) is 13.9. The largest absolute Gasteiger partial charge is 0.493 e. The van der Waals surface area contributed by atoms with Crippen LogP contribution in [-0.4, -0.2) is 17.4 Å². The topological polar surface area (TPSA) is 31.2 Å². The first kappa shape index (κ1) is 15.2. The molecule has 0 amide bonds. The highest BCUT2D eigenvalue weighted by Gasteiger charge is 2.19. The van der Waals surface area contributed by atoms with Crippen molar-refractivity contribution < 1.29 is 4.74 Å². The van der Waals surface area contributed by atoms with Gasteiger partial charge in [-0.2, -0.15) is 0 Å². The lowest BCUT2D eigenvalue weighted by molar-refractivity contribution is 0.181. The molecule has 22 heavy (non-hydrogen) atoms. The molecule has 3 rings (SSSR count). The first-order chi connectivity index (χ1) is 10.7. The zero-order chi connectivity index (χ0) is 15.5. The summed E-state index contributed by atoms with van der Waals surface area (Å²) in [5, 5.41) is 0. The average molecular weight is 315 g/mol. The number of hydrogen-bond donors (Lipinski definition) is 0. The number of thioether (sulfide) groups is 1. The fourth-order valence-corrected chi connectivity index (χ4v) is 3.05. The van der Waals surface area contributed by atoms with Gasteiger partial charge in [-0.1, -0.05) is 6.42 Å². The van der Waals surface area contributed by atoms with Crippen molar-refractivity contribution in [3.8, 4) is 16.9 Å². The molecule has 1 aliphatic carbocycles. The first-order valence-corrected chi connectivity index (χ1v) is 8.88. The van der Waals surface area contributed by atoms with Crippen molar-refractivity contribution in [2.75, 3.05) is 12.9 Å². The van der Waals surface area contributed by atoms with Gasteiger partial charge in [0.2, 0.25) is 5.56 Å². The molecule has 1 fully saturated rings. The maximum atomic E-state index is 11.6. The number of rotatable bonds is 5. The highest BCUT2D eigenvalue weighted by molar-refractivity contribution is 7.98. The molecule has 0 saturated heterocycles. The van der Waals surface area contributed by atoms with Crippen molar-refractivity contribution in [2.45, 2.75) is 24.2 Å². The Bertz CT molecular complexity index is 719. The van der Waals surface area contributed by atoms with E-state index in [1.807, 2.05) is 18.3 Å². The molecular formula is C18H21NO2S. The minimum absolute atomic E-state index is 0.00158. The Morgan fingerprint density at radius 2 is 2.09 bits per heavy atom. The van der Waals surface area contributed by atoms with Crippen LogP contribution >= 0.6 is 11.8 Å². The van der Waals surface area contributed by atoms with E-state index in [2.05, 4.69) is 18.4 Å². The minimum Gasteiger partial charge on any atom is -0.493 e. The standard InChI is InChI=1S/C18H21NO2S/c1-19-11-14(6-9-18(19)20)16-10-15(22-2)7-8-17(16)21-12-13-4-3-5-13/h6-11,13H,3-5,12H2,1-2H3. The summed E-state index contributed by atoms with van der Waals surface area (Å²) in [6.45, 7) is 0.789. The molecule has 0 N–H and O–H groups in total. The van der Waals surface area contributed by atoms with E-state index < -0.39 is 0 Å². The maximum absolute atomic E-state index is 11.6. The Hall–Kier alpha value is -1.68. The molecule has 2 aromatic rings. The van der Waals surface area contributed by atoms with Crippen LogP contribution in [0.1, 0.15) is 19.3 Å². The van der Waals surface area contributed by atoms with E-state index in [1.165, 1.54) is 24.2 Å². The van der Waals surface area contributed by atoms with E-state index in [0.29, 0.717) is 5.92 Å². The smallest absolute Gasteiger partial charge is 0.250 e. The van der Waals surface area contributed by atoms with E-state index in [1.54, 1.807) is 29.4 Å². The normalized spacial score (nSPS) is 14.6. The quantitative estimate of drug-likeness (QED) is 0.783. The molecule has 1 aliphatic rings. The second-order valence-electron chi connectivity index (χ2n) is 5.84.